The zero-order valence-corrected chi connectivity index (χ0v) is 11.7. The van der Waals surface area contributed by atoms with Gasteiger partial charge in [0.05, 0.1) is 6.04 Å². The number of ether oxygens (including phenoxy) is 1. The third-order valence-corrected chi connectivity index (χ3v) is 3.57. The van der Waals surface area contributed by atoms with Crippen LogP contribution in [0.1, 0.15) is 13.3 Å². The lowest BCUT2D eigenvalue weighted by Crippen LogP contribution is -2.43. The smallest absolute Gasteiger partial charge is 0.244 e. The van der Waals surface area contributed by atoms with Crippen molar-refractivity contribution in [1.29, 1.82) is 0 Å². The molecular weight excluding hydrogens is 238 g/mol. The minimum Gasteiger partial charge on any atom is -0.385 e. The van der Waals surface area contributed by atoms with E-state index in [0.29, 0.717) is 6.04 Å². The van der Waals surface area contributed by atoms with Crippen molar-refractivity contribution in [2.75, 3.05) is 33.6 Å². The van der Waals surface area contributed by atoms with Gasteiger partial charge in [-0.1, -0.05) is 11.8 Å². The molecule has 0 saturated carbocycles. The van der Waals surface area contributed by atoms with Crippen LogP contribution < -0.4 is 5.32 Å². The van der Waals surface area contributed by atoms with Gasteiger partial charge >= 0.3 is 0 Å². The molecule has 17 heavy (non-hydrogen) atoms. The molecule has 6 heteroatoms. The molecule has 0 aromatic heterocycles. The van der Waals surface area contributed by atoms with Crippen LogP contribution in [-0.2, 0) is 9.53 Å². The molecule has 98 valence electrons. The fourth-order valence-corrected chi connectivity index (χ4v) is 2.61. The van der Waals surface area contributed by atoms with Crippen LogP contribution in [0, 0.1) is 0 Å². The zero-order valence-electron chi connectivity index (χ0n) is 10.9. The maximum absolute atomic E-state index is 11.7. The Labute approximate surface area is 107 Å². The SMILES string of the molecule is COCCC1CSC(NC(C)C(=O)N(C)C)=N1. The number of carbonyl (C=O) groups is 1. The third-order valence-electron chi connectivity index (χ3n) is 2.52. The summed E-state index contributed by atoms with van der Waals surface area (Å²) in [5, 5.41) is 4.02. The van der Waals surface area contributed by atoms with Crippen molar-refractivity contribution in [1.82, 2.24) is 10.2 Å². The molecule has 0 spiro atoms. The second-order valence-electron chi connectivity index (χ2n) is 4.28. The fraction of sp³-hybridized carbons (Fsp3) is 0.818. The van der Waals surface area contributed by atoms with E-state index in [2.05, 4.69) is 10.3 Å². The lowest BCUT2D eigenvalue weighted by Gasteiger charge is -2.18. The average Bonchev–Trinajstić information content (AvgIpc) is 2.72. The number of amidine groups is 1. The molecule has 1 aliphatic heterocycles. The topological polar surface area (TPSA) is 53.9 Å². The predicted molar refractivity (Wildman–Crippen MR) is 71.5 cm³/mol. The summed E-state index contributed by atoms with van der Waals surface area (Å²) in [5.74, 6) is 1.03. The molecule has 0 saturated heterocycles. The summed E-state index contributed by atoms with van der Waals surface area (Å²) in [4.78, 5) is 17.8. The Morgan fingerprint density at radius 3 is 3.00 bits per heavy atom. The molecule has 1 N–H and O–H groups in total. The van der Waals surface area contributed by atoms with E-state index in [1.54, 1.807) is 37.9 Å². The molecule has 0 aromatic carbocycles. The Balaban J connectivity index is 2.39. The van der Waals surface area contributed by atoms with Gasteiger partial charge in [0.1, 0.15) is 6.04 Å². The van der Waals surface area contributed by atoms with Crippen molar-refractivity contribution in [3.63, 3.8) is 0 Å². The number of amides is 1. The van der Waals surface area contributed by atoms with Gasteiger partial charge in [0.15, 0.2) is 5.17 Å². The highest BCUT2D eigenvalue weighted by atomic mass is 32.2. The van der Waals surface area contributed by atoms with Crippen LogP contribution in [0.4, 0.5) is 0 Å². The van der Waals surface area contributed by atoms with Crippen molar-refractivity contribution in [3.8, 4) is 0 Å². The Bertz CT molecular complexity index is 294. The van der Waals surface area contributed by atoms with Crippen LogP contribution in [0.2, 0.25) is 0 Å². The summed E-state index contributed by atoms with van der Waals surface area (Å²) in [6, 6.07) is 0.0848. The highest BCUT2D eigenvalue weighted by molar-refractivity contribution is 8.14. The number of nitrogens with zero attached hydrogens (tertiary/aromatic N) is 2. The van der Waals surface area contributed by atoms with Gasteiger partial charge in [-0.05, 0) is 13.3 Å². The van der Waals surface area contributed by atoms with E-state index < -0.39 is 0 Å². The van der Waals surface area contributed by atoms with E-state index in [4.69, 9.17) is 4.74 Å². The predicted octanol–water partition coefficient (Wildman–Crippen LogP) is 0.561. The third kappa shape index (κ3) is 4.55. The van der Waals surface area contributed by atoms with E-state index in [1.807, 2.05) is 6.92 Å². The monoisotopic (exact) mass is 259 g/mol. The first-order valence-electron chi connectivity index (χ1n) is 5.71. The van der Waals surface area contributed by atoms with Gasteiger partial charge in [-0.2, -0.15) is 0 Å². The van der Waals surface area contributed by atoms with E-state index in [-0.39, 0.29) is 11.9 Å². The van der Waals surface area contributed by atoms with Crippen molar-refractivity contribution < 1.29 is 9.53 Å². The van der Waals surface area contributed by atoms with Crippen LogP contribution >= 0.6 is 11.8 Å². The standard InChI is InChI=1S/C11H21N3O2S/c1-8(10(15)14(2)3)12-11-13-9(7-17-11)5-6-16-4/h8-9H,5-7H2,1-4H3,(H,12,13). The average molecular weight is 259 g/mol. The normalized spacial score (nSPS) is 20.9. The summed E-state index contributed by atoms with van der Waals surface area (Å²) in [7, 11) is 5.21. The van der Waals surface area contributed by atoms with Crippen LogP contribution in [0.5, 0.6) is 0 Å². The highest BCUT2D eigenvalue weighted by Gasteiger charge is 2.22. The van der Waals surface area contributed by atoms with Crippen molar-refractivity contribution in [2.45, 2.75) is 25.4 Å². The van der Waals surface area contributed by atoms with Gasteiger partial charge in [0, 0.05) is 33.6 Å². The number of thioether (sulfide) groups is 1. The Kier molecular flexibility index (Phi) is 5.77. The van der Waals surface area contributed by atoms with Crippen LogP contribution in [0.3, 0.4) is 0 Å². The summed E-state index contributed by atoms with van der Waals surface area (Å²) in [5.41, 5.74) is 0. The molecule has 2 unspecified atom stereocenters. The van der Waals surface area contributed by atoms with Gasteiger partial charge in [0.2, 0.25) is 5.91 Å². The molecular formula is C11H21N3O2S. The first-order chi connectivity index (χ1) is 8.04. The number of carbonyl (C=O) groups excluding carboxylic acids is 1. The van der Waals surface area contributed by atoms with Crippen LogP contribution in [0.15, 0.2) is 4.99 Å². The highest BCUT2D eigenvalue weighted by Crippen LogP contribution is 2.19. The lowest BCUT2D eigenvalue weighted by molar-refractivity contribution is -0.130. The molecule has 0 bridgehead atoms. The number of methoxy groups -OCH3 is 1. The quantitative estimate of drug-likeness (QED) is 0.784. The van der Waals surface area contributed by atoms with Gasteiger partial charge < -0.3 is 15.0 Å². The Morgan fingerprint density at radius 1 is 1.71 bits per heavy atom. The number of nitrogens with one attached hydrogen (secondary N) is 1. The molecule has 0 radical (unpaired) electrons. The lowest BCUT2D eigenvalue weighted by atomic mass is 10.2. The fourth-order valence-electron chi connectivity index (χ4n) is 1.53. The second-order valence-corrected chi connectivity index (χ2v) is 5.29. The molecule has 1 amide bonds. The summed E-state index contributed by atoms with van der Waals surface area (Å²) in [6.07, 6.45) is 0.935. The number of hydrogen-bond acceptors (Lipinski definition) is 5. The summed E-state index contributed by atoms with van der Waals surface area (Å²) < 4.78 is 5.03. The second kappa shape index (κ2) is 6.86. The van der Waals surface area contributed by atoms with Crippen LogP contribution in [0.25, 0.3) is 0 Å². The van der Waals surface area contributed by atoms with E-state index in [9.17, 15) is 4.79 Å². The zero-order chi connectivity index (χ0) is 12.8. The number of aliphatic imine (C=N–C) groups is 1. The number of hydrogen-bond donors (Lipinski definition) is 1. The molecule has 0 aliphatic carbocycles. The largest absolute Gasteiger partial charge is 0.385 e. The molecule has 1 heterocycles. The van der Waals surface area contributed by atoms with Gasteiger partial charge in [-0.3, -0.25) is 9.79 Å². The van der Waals surface area contributed by atoms with Crippen LogP contribution in [-0.4, -0.2) is 61.6 Å². The van der Waals surface area contributed by atoms with E-state index in [1.165, 1.54) is 0 Å². The minimum absolute atomic E-state index is 0.0636. The number of likely N-dealkylation sites (N-methyl/N-ethyl adjacent to an activating group) is 1. The maximum Gasteiger partial charge on any atom is 0.244 e. The molecule has 1 aliphatic rings. The summed E-state index contributed by atoms with van der Waals surface area (Å²) in [6.45, 7) is 2.59. The van der Waals surface area contributed by atoms with Gasteiger partial charge in [-0.15, -0.1) is 0 Å². The number of rotatable bonds is 5. The Morgan fingerprint density at radius 2 is 2.41 bits per heavy atom. The van der Waals surface area contributed by atoms with Crippen molar-refractivity contribution >= 4 is 22.8 Å². The minimum atomic E-state index is -0.225. The van der Waals surface area contributed by atoms with Crippen molar-refractivity contribution in [3.05, 3.63) is 0 Å². The van der Waals surface area contributed by atoms with Gasteiger partial charge in [0.25, 0.3) is 0 Å². The molecule has 0 aromatic rings. The molecule has 5 nitrogen and oxygen atoms in total. The van der Waals surface area contributed by atoms with Gasteiger partial charge in [-0.25, -0.2) is 0 Å². The van der Waals surface area contributed by atoms with E-state index in [0.717, 1.165) is 23.9 Å². The van der Waals surface area contributed by atoms with Crippen molar-refractivity contribution in [2.24, 2.45) is 4.99 Å². The molecule has 0 fully saturated rings. The first-order valence-corrected chi connectivity index (χ1v) is 6.70. The molecule has 1 rings (SSSR count). The summed E-state index contributed by atoms with van der Waals surface area (Å²) >= 11 is 1.67. The maximum atomic E-state index is 11.7. The first kappa shape index (κ1) is 14.3. The molecule has 2 atom stereocenters. The van der Waals surface area contributed by atoms with E-state index >= 15 is 0 Å². The Hall–Kier alpha value is -0.750.